The van der Waals surface area contributed by atoms with Crippen molar-refractivity contribution in [3.8, 4) is 0 Å². The Balaban J connectivity index is 1.59. The molecule has 5 nitrogen and oxygen atoms in total. The molecule has 0 spiro atoms. The number of rotatable bonds is 6. The quantitative estimate of drug-likeness (QED) is 0.621. The van der Waals surface area contributed by atoms with Gasteiger partial charge in [-0.2, -0.15) is 0 Å². The van der Waals surface area contributed by atoms with Crippen molar-refractivity contribution >= 4 is 28.3 Å². The Morgan fingerprint density at radius 1 is 1.13 bits per heavy atom. The lowest BCUT2D eigenvalue weighted by Crippen LogP contribution is -2.40. The van der Waals surface area contributed by atoms with E-state index < -0.39 is 0 Å². The van der Waals surface area contributed by atoms with Crippen LogP contribution in [0.2, 0.25) is 0 Å². The van der Waals surface area contributed by atoms with Gasteiger partial charge in [0.15, 0.2) is 0 Å². The summed E-state index contributed by atoms with van der Waals surface area (Å²) in [6.07, 6.45) is 2.35. The summed E-state index contributed by atoms with van der Waals surface area (Å²) in [6, 6.07) is 16.3. The summed E-state index contributed by atoms with van der Waals surface area (Å²) in [4.78, 5) is 20.3. The van der Waals surface area contributed by atoms with Gasteiger partial charge in [0, 0.05) is 23.7 Å². The van der Waals surface area contributed by atoms with E-state index in [-0.39, 0.29) is 5.91 Å². The number of hydrogen-bond acceptors (Lipinski definition) is 4. The number of benzene rings is 2. The zero-order chi connectivity index (χ0) is 21.1. The van der Waals surface area contributed by atoms with Crippen LogP contribution in [-0.4, -0.2) is 41.5 Å². The van der Waals surface area contributed by atoms with Gasteiger partial charge in [0.05, 0.1) is 11.1 Å². The Labute approximate surface area is 178 Å². The highest BCUT2D eigenvalue weighted by atomic mass is 16.1. The van der Waals surface area contributed by atoms with Gasteiger partial charge in [-0.25, -0.2) is 4.98 Å². The summed E-state index contributed by atoms with van der Waals surface area (Å²) < 4.78 is 0. The van der Waals surface area contributed by atoms with Crippen LogP contribution in [0.15, 0.2) is 48.5 Å². The number of nitrogens with zero attached hydrogens (tertiary/aromatic N) is 2. The molecule has 1 amide bonds. The first-order chi connectivity index (χ1) is 14.5. The fourth-order valence-corrected chi connectivity index (χ4v) is 4.24. The Morgan fingerprint density at radius 2 is 1.97 bits per heavy atom. The maximum atomic E-state index is 13.1. The number of carbonyl (C=O) groups is 1. The van der Waals surface area contributed by atoms with Crippen LogP contribution in [0, 0.1) is 13.8 Å². The van der Waals surface area contributed by atoms with E-state index in [1.807, 2.05) is 36.4 Å². The molecule has 3 aromatic rings. The lowest BCUT2D eigenvalue weighted by atomic mass is 10.1. The van der Waals surface area contributed by atoms with E-state index in [0.717, 1.165) is 36.1 Å². The minimum atomic E-state index is -0.0420. The molecule has 1 aliphatic heterocycles. The smallest absolute Gasteiger partial charge is 0.252 e. The maximum Gasteiger partial charge on any atom is 0.252 e. The number of aryl methyl sites for hydroxylation is 2. The van der Waals surface area contributed by atoms with Crippen molar-refractivity contribution in [1.82, 2.24) is 15.2 Å². The van der Waals surface area contributed by atoms with E-state index in [4.69, 9.17) is 4.98 Å². The molecule has 0 saturated carbocycles. The second-order valence-electron chi connectivity index (χ2n) is 8.13. The number of hydrogen-bond donors (Lipinski definition) is 2. The van der Waals surface area contributed by atoms with E-state index in [1.54, 1.807) is 0 Å². The fourth-order valence-electron chi connectivity index (χ4n) is 4.24. The minimum Gasteiger partial charge on any atom is -0.350 e. The molecule has 30 heavy (non-hydrogen) atoms. The van der Waals surface area contributed by atoms with E-state index >= 15 is 0 Å². The SMILES string of the molecule is CCN1CCC[C@H]1CNC(=O)c1cc(Nc2ccc(C)c(C)c2)nc2ccccc12. The monoisotopic (exact) mass is 402 g/mol. The number of fused-ring (bicyclic) bond motifs is 1. The first kappa shape index (κ1) is 20.4. The summed E-state index contributed by atoms with van der Waals surface area (Å²) >= 11 is 0. The molecule has 2 heterocycles. The predicted octanol–water partition coefficient (Wildman–Crippen LogP) is 4.81. The summed E-state index contributed by atoms with van der Waals surface area (Å²) in [5.74, 6) is 0.637. The summed E-state index contributed by atoms with van der Waals surface area (Å²) in [5.41, 5.74) is 4.91. The van der Waals surface area contributed by atoms with Crippen LogP contribution in [0.5, 0.6) is 0 Å². The Bertz CT molecular complexity index is 1060. The molecule has 156 valence electrons. The lowest BCUT2D eigenvalue weighted by molar-refractivity contribution is 0.0943. The van der Waals surface area contributed by atoms with Crippen molar-refractivity contribution in [2.24, 2.45) is 0 Å². The van der Waals surface area contributed by atoms with Gasteiger partial charge in [-0.3, -0.25) is 9.69 Å². The number of aromatic nitrogens is 1. The number of carbonyl (C=O) groups excluding carboxylic acids is 1. The van der Waals surface area contributed by atoms with Crippen LogP contribution >= 0.6 is 0 Å². The average Bonchev–Trinajstić information content (AvgIpc) is 3.21. The highest BCUT2D eigenvalue weighted by Crippen LogP contribution is 2.24. The summed E-state index contributed by atoms with van der Waals surface area (Å²) in [5, 5.41) is 7.42. The molecule has 1 fully saturated rings. The molecule has 1 aromatic heterocycles. The molecule has 5 heteroatoms. The van der Waals surface area contributed by atoms with Gasteiger partial charge in [0.1, 0.15) is 5.82 Å². The zero-order valence-corrected chi connectivity index (χ0v) is 18.0. The second-order valence-corrected chi connectivity index (χ2v) is 8.13. The predicted molar refractivity (Wildman–Crippen MR) is 124 cm³/mol. The van der Waals surface area contributed by atoms with E-state index in [1.165, 1.54) is 17.5 Å². The molecule has 2 N–H and O–H groups in total. The average molecular weight is 403 g/mol. The van der Waals surface area contributed by atoms with E-state index in [9.17, 15) is 4.79 Å². The van der Waals surface area contributed by atoms with Crippen molar-refractivity contribution in [1.29, 1.82) is 0 Å². The van der Waals surface area contributed by atoms with Crippen molar-refractivity contribution < 1.29 is 4.79 Å². The highest BCUT2D eigenvalue weighted by molar-refractivity contribution is 6.07. The molecule has 1 saturated heterocycles. The van der Waals surface area contributed by atoms with E-state index in [0.29, 0.717) is 24.0 Å². The van der Waals surface area contributed by atoms with Gasteiger partial charge >= 0.3 is 0 Å². The largest absolute Gasteiger partial charge is 0.350 e. The van der Waals surface area contributed by atoms with Gasteiger partial charge in [0.25, 0.3) is 5.91 Å². The van der Waals surface area contributed by atoms with Crippen molar-refractivity contribution in [2.45, 2.75) is 39.7 Å². The van der Waals surface area contributed by atoms with Crippen molar-refractivity contribution in [3.05, 3.63) is 65.2 Å². The Kier molecular flexibility index (Phi) is 6.00. The molecule has 0 aliphatic carbocycles. The molecule has 0 unspecified atom stereocenters. The number of nitrogens with one attached hydrogen (secondary N) is 2. The molecule has 0 radical (unpaired) electrons. The van der Waals surface area contributed by atoms with Gasteiger partial charge in [0.2, 0.25) is 0 Å². The van der Waals surface area contributed by atoms with Gasteiger partial charge in [-0.05, 0) is 75.2 Å². The summed E-state index contributed by atoms with van der Waals surface area (Å²) in [6.45, 7) is 9.21. The van der Waals surface area contributed by atoms with Crippen LogP contribution in [0.3, 0.4) is 0 Å². The van der Waals surface area contributed by atoms with Crippen LogP contribution in [0.25, 0.3) is 10.9 Å². The number of para-hydroxylation sites is 1. The maximum absolute atomic E-state index is 13.1. The number of likely N-dealkylation sites (N-methyl/N-ethyl adjacent to an activating group) is 1. The lowest BCUT2D eigenvalue weighted by Gasteiger charge is -2.23. The third kappa shape index (κ3) is 4.31. The standard InChI is InChI=1S/C25H30N4O/c1-4-29-13-7-8-20(29)16-26-25(30)22-15-24(28-23-10-6-5-9-21(22)23)27-19-12-11-17(2)18(3)14-19/h5-6,9-12,14-15,20H,4,7-8,13,16H2,1-3H3,(H,26,30)(H,27,28)/t20-/m0/s1. The number of anilines is 2. The van der Waals surface area contributed by atoms with Crippen molar-refractivity contribution in [2.75, 3.05) is 25.0 Å². The van der Waals surface area contributed by atoms with Gasteiger partial charge in [-0.1, -0.05) is 31.2 Å². The minimum absolute atomic E-state index is 0.0420. The highest BCUT2D eigenvalue weighted by Gasteiger charge is 2.23. The first-order valence-corrected chi connectivity index (χ1v) is 10.8. The molecule has 0 bridgehead atoms. The normalized spacial score (nSPS) is 16.7. The number of likely N-dealkylation sites (tertiary alicyclic amines) is 1. The van der Waals surface area contributed by atoms with Crippen LogP contribution in [0.1, 0.15) is 41.3 Å². The summed E-state index contributed by atoms with van der Waals surface area (Å²) in [7, 11) is 0. The van der Waals surface area contributed by atoms with Gasteiger partial charge in [-0.15, -0.1) is 0 Å². The molecule has 1 atom stereocenters. The molecular formula is C25H30N4O. The van der Waals surface area contributed by atoms with Crippen molar-refractivity contribution in [3.63, 3.8) is 0 Å². The third-order valence-electron chi connectivity index (χ3n) is 6.14. The first-order valence-electron chi connectivity index (χ1n) is 10.8. The molecular weight excluding hydrogens is 372 g/mol. The third-order valence-corrected chi connectivity index (χ3v) is 6.14. The molecule has 4 rings (SSSR count). The second kappa shape index (κ2) is 8.84. The Morgan fingerprint density at radius 3 is 2.77 bits per heavy atom. The van der Waals surface area contributed by atoms with E-state index in [2.05, 4.69) is 48.4 Å². The van der Waals surface area contributed by atoms with Crippen LogP contribution in [0.4, 0.5) is 11.5 Å². The molecule has 2 aromatic carbocycles. The van der Waals surface area contributed by atoms with Crippen LogP contribution < -0.4 is 10.6 Å². The topological polar surface area (TPSA) is 57.3 Å². The fraction of sp³-hybridized carbons (Fsp3) is 0.360. The van der Waals surface area contributed by atoms with Crippen LogP contribution in [-0.2, 0) is 0 Å². The van der Waals surface area contributed by atoms with Gasteiger partial charge < -0.3 is 10.6 Å². The number of pyridine rings is 1. The molecule has 1 aliphatic rings. The Hall–Kier alpha value is -2.92. The number of amides is 1. The zero-order valence-electron chi connectivity index (χ0n) is 18.0.